The summed E-state index contributed by atoms with van der Waals surface area (Å²) in [5.74, 6) is -1.09. The Morgan fingerprint density at radius 1 is 0.909 bits per heavy atom. The zero-order valence-electron chi connectivity index (χ0n) is 17.9. The molecule has 0 aliphatic carbocycles. The summed E-state index contributed by atoms with van der Waals surface area (Å²) in [5.41, 5.74) is 2.27. The van der Waals surface area contributed by atoms with E-state index in [1.54, 1.807) is 0 Å². The number of non-ortho nitro benzene ring substituents is 1. The summed E-state index contributed by atoms with van der Waals surface area (Å²) in [7, 11) is 0. The van der Waals surface area contributed by atoms with Gasteiger partial charge in [-0.3, -0.25) is 19.7 Å². The minimum Gasteiger partial charge on any atom is -0.354 e. The minimum atomic E-state index is -0.993. The number of nitro groups is 1. The summed E-state index contributed by atoms with van der Waals surface area (Å²) < 4.78 is 0. The van der Waals surface area contributed by atoms with Crippen molar-refractivity contribution in [3.8, 4) is 0 Å². The van der Waals surface area contributed by atoms with Gasteiger partial charge in [-0.15, -0.1) is 11.6 Å². The van der Waals surface area contributed by atoms with Crippen molar-refractivity contribution in [1.82, 2.24) is 10.2 Å². The zero-order valence-corrected chi connectivity index (χ0v) is 18.6. The molecule has 0 spiro atoms. The molecule has 0 aromatic heterocycles. The fourth-order valence-corrected chi connectivity index (χ4v) is 3.66. The molecule has 2 amide bonds. The van der Waals surface area contributed by atoms with Crippen LogP contribution in [-0.2, 0) is 22.6 Å². The van der Waals surface area contributed by atoms with Crippen LogP contribution in [0.2, 0.25) is 0 Å². The fourth-order valence-electron chi connectivity index (χ4n) is 3.50. The summed E-state index contributed by atoms with van der Waals surface area (Å²) >= 11 is 5.89. The maximum atomic E-state index is 13.3. The molecule has 33 heavy (non-hydrogen) atoms. The molecule has 3 rings (SSSR count). The van der Waals surface area contributed by atoms with Crippen LogP contribution in [0.25, 0.3) is 0 Å². The van der Waals surface area contributed by atoms with E-state index in [9.17, 15) is 19.7 Å². The smallest absolute Gasteiger partial charge is 0.269 e. The van der Waals surface area contributed by atoms with E-state index in [-0.39, 0.29) is 24.0 Å². The van der Waals surface area contributed by atoms with E-state index in [1.807, 2.05) is 60.7 Å². The lowest BCUT2D eigenvalue weighted by Crippen LogP contribution is -2.44. The predicted octanol–water partition coefficient (Wildman–Crippen LogP) is 4.26. The number of carbonyl (C=O) groups excluding carboxylic acids is 2. The summed E-state index contributed by atoms with van der Waals surface area (Å²) in [5, 5.41) is 14.0. The highest BCUT2D eigenvalue weighted by Gasteiger charge is 2.31. The van der Waals surface area contributed by atoms with E-state index in [2.05, 4.69) is 5.32 Å². The molecule has 3 aromatic carbocycles. The molecule has 0 heterocycles. The van der Waals surface area contributed by atoms with E-state index >= 15 is 0 Å². The van der Waals surface area contributed by atoms with Crippen molar-refractivity contribution in [2.45, 2.75) is 19.0 Å². The highest BCUT2D eigenvalue weighted by atomic mass is 35.5. The summed E-state index contributed by atoms with van der Waals surface area (Å²) in [6.45, 7) is 0.542. The van der Waals surface area contributed by atoms with Crippen molar-refractivity contribution in [2.24, 2.45) is 0 Å². The third-order valence-electron chi connectivity index (χ3n) is 5.17. The number of halogens is 1. The van der Waals surface area contributed by atoms with Gasteiger partial charge in [0.1, 0.15) is 11.9 Å². The molecule has 0 saturated heterocycles. The summed E-state index contributed by atoms with van der Waals surface area (Å²) in [6.07, 6.45) is 0.627. The molecule has 0 aliphatic rings. The van der Waals surface area contributed by atoms with Crippen LogP contribution in [0.1, 0.15) is 22.7 Å². The quantitative estimate of drug-likeness (QED) is 0.275. The Hall–Kier alpha value is -3.71. The van der Waals surface area contributed by atoms with Crippen LogP contribution in [0.3, 0.4) is 0 Å². The average Bonchev–Trinajstić information content (AvgIpc) is 2.84. The number of alkyl halides is 1. The molecular formula is C25H24ClN3O4. The van der Waals surface area contributed by atoms with E-state index < -0.39 is 16.9 Å². The lowest BCUT2D eigenvalue weighted by Gasteiger charge is -2.31. The van der Waals surface area contributed by atoms with Crippen LogP contribution in [0, 0.1) is 10.1 Å². The van der Waals surface area contributed by atoms with E-state index in [1.165, 1.54) is 29.2 Å². The fraction of sp³-hybridized carbons (Fsp3) is 0.200. The van der Waals surface area contributed by atoms with Crippen LogP contribution in [0.4, 0.5) is 5.69 Å². The first-order valence-electron chi connectivity index (χ1n) is 10.4. The Morgan fingerprint density at radius 2 is 1.48 bits per heavy atom. The number of benzene rings is 3. The van der Waals surface area contributed by atoms with E-state index in [0.717, 1.165) is 11.1 Å². The maximum Gasteiger partial charge on any atom is 0.269 e. The molecule has 8 heteroatoms. The Balaban J connectivity index is 1.88. The number of amides is 2. The van der Waals surface area contributed by atoms with Gasteiger partial charge in [-0.25, -0.2) is 0 Å². The standard InChI is InChI=1S/C25H24ClN3O4/c26-17-23(30)28(18-20-9-5-2-6-10-20)24(21-11-13-22(14-12-21)29(32)33)25(31)27-16-15-19-7-3-1-4-8-19/h1-14,24H,15-18H2,(H,27,31). The van der Waals surface area contributed by atoms with Gasteiger partial charge >= 0.3 is 0 Å². The molecule has 0 bridgehead atoms. The highest BCUT2D eigenvalue weighted by Crippen LogP contribution is 2.26. The van der Waals surface area contributed by atoms with Crippen molar-refractivity contribution in [2.75, 3.05) is 12.4 Å². The lowest BCUT2D eigenvalue weighted by atomic mass is 10.0. The first-order valence-corrected chi connectivity index (χ1v) is 11.0. The number of carbonyl (C=O) groups is 2. The van der Waals surface area contributed by atoms with Crippen molar-refractivity contribution < 1.29 is 14.5 Å². The Kier molecular flexibility index (Phi) is 8.55. The van der Waals surface area contributed by atoms with Gasteiger partial charge in [0.25, 0.3) is 5.69 Å². The van der Waals surface area contributed by atoms with Crippen LogP contribution >= 0.6 is 11.6 Å². The number of nitrogens with zero attached hydrogens (tertiary/aromatic N) is 2. The first-order chi connectivity index (χ1) is 16.0. The van der Waals surface area contributed by atoms with Gasteiger partial charge in [0.15, 0.2) is 0 Å². The van der Waals surface area contributed by atoms with Crippen LogP contribution in [0.15, 0.2) is 84.9 Å². The zero-order chi connectivity index (χ0) is 23.6. The van der Waals surface area contributed by atoms with E-state index in [4.69, 9.17) is 11.6 Å². The molecule has 1 atom stereocenters. The number of hydrogen-bond donors (Lipinski definition) is 1. The van der Waals surface area contributed by atoms with Crippen molar-refractivity contribution in [1.29, 1.82) is 0 Å². The molecule has 0 saturated carbocycles. The highest BCUT2D eigenvalue weighted by molar-refractivity contribution is 6.27. The summed E-state index contributed by atoms with van der Waals surface area (Å²) in [4.78, 5) is 38.1. The molecule has 0 fully saturated rings. The molecule has 170 valence electrons. The van der Waals surface area contributed by atoms with Gasteiger partial charge in [-0.1, -0.05) is 60.7 Å². The third-order valence-corrected chi connectivity index (χ3v) is 5.39. The molecule has 0 aliphatic heterocycles. The van der Waals surface area contributed by atoms with Gasteiger partial charge in [0.2, 0.25) is 11.8 Å². The number of hydrogen-bond acceptors (Lipinski definition) is 4. The topological polar surface area (TPSA) is 92.5 Å². The van der Waals surface area contributed by atoms with Gasteiger partial charge < -0.3 is 10.2 Å². The van der Waals surface area contributed by atoms with Crippen LogP contribution < -0.4 is 5.32 Å². The Labute approximate surface area is 197 Å². The van der Waals surface area contributed by atoms with Crippen LogP contribution in [-0.4, -0.2) is 34.1 Å². The number of nitrogens with one attached hydrogen (secondary N) is 1. The SMILES string of the molecule is O=C(NCCc1ccccc1)C(c1ccc([N+](=O)[O-])cc1)N(Cc1ccccc1)C(=O)CCl. The second-order valence-corrected chi connectivity index (χ2v) is 7.69. The van der Waals surface area contributed by atoms with Crippen molar-refractivity contribution in [3.63, 3.8) is 0 Å². The average molecular weight is 466 g/mol. The van der Waals surface area contributed by atoms with Gasteiger partial charge in [0, 0.05) is 25.2 Å². The second-order valence-electron chi connectivity index (χ2n) is 7.42. The molecule has 3 aromatic rings. The maximum absolute atomic E-state index is 13.3. The third kappa shape index (κ3) is 6.63. The monoisotopic (exact) mass is 465 g/mol. The first kappa shape index (κ1) is 23.9. The lowest BCUT2D eigenvalue weighted by molar-refractivity contribution is -0.384. The van der Waals surface area contributed by atoms with E-state index in [0.29, 0.717) is 18.5 Å². The van der Waals surface area contributed by atoms with Crippen molar-refractivity contribution in [3.05, 3.63) is 112 Å². The summed E-state index contributed by atoms with van der Waals surface area (Å²) in [6, 6.07) is 23.6. The van der Waals surface area contributed by atoms with Gasteiger partial charge in [-0.2, -0.15) is 0 Å². The number of nitro benzene ring substituents is 1. The molecule has 1 unspecified atom stereocenters. The molecular weight excluding hydrogens is 442 g/mol. The normalized spacial score (nSPS) is 11.4. The Bertz CT molecular complexity index is 1080. The van der Waals surface area contributed by atoms with Gasteiger partial charge in [-0.05, 0) is 35.2 Å². The van der Waals surface area contributed by atoms with Crippen molar-refractivity contribution >= 4 is 29.1 Å². The molecule has 0 radical (unpaired) electrons. The minimum absolute atomic E-state index is 0.0970. The second kappa shape index (κ2) is 11.8. The molecule has 1 N–H and O–H groups in total. The Morgan fingerprint density at radius 3 is 2.03 bits per heavy atom. The number of rotatable bonds is 10. The predicted molar refractivity (Wildman–Crippen MR) is 127 cm³/mol. The molecule has 7 nitrogen and oxygen atoms in total. The largest absolute Gasteiger partial charge is 0.354 e. The van der Waals surface area contributed by atoms with Crippen LogP contribution in [0.5, 0.6) is 0 Å². The van der Waals surface area contributed by atoms with Gasteiger partial charge in [0.05, 0.1) is 4.92 Å².